The molecule has 5 nitrogen and oxygen atoms in total. The summed E-state index contributed by atoms with van der Waals surface area (Å²) in [6.07, 6.45) is 0.851. The molecule has 22 heavy (non-hydrogen) atoms. The largest absolute Gasteiger partial charge is 0.379 e. The molecule has 1 aromatic carbocycles. The average Bonchev–Trinajstić information content (AvgIpc) is 2.54. The van der Waals surface area contributed by atoms with Crippen LogP contribution in [0.2, 0.25) is 0 Å². The molecule has 0 spiro atoms. The molecule has 0 bridgehead atoms. The highest BCUT2D eigenvalue weighted by atomic mass is 16.5. The molecule has 1 aliphatic rings. The standard InChI is InChI=1S/C17H27N3O2/c1-14(20-10-11-22-13-15(20)2)12-19-17(21)18-9-8-16-6-4-3-5-7-16/h3-7,14-15H,8-13H2,1-2H3,(H2,18,19,21). The van der Waals surface area contributed by atoms with Crippen molar-refractivity contribution >= 4 is 6.03 Å². The second-order valence-electron chi connectivity index (χ2n) is 5.88. The van der Waals surface area contributed by atoms with Gasteiger partial charge in [-0.05, 0) is 25.8 Å². The van der Waals surface area contributed by atoms with Gasteiger partial charge >= 0.3 is 6.03 Å². The fourth-order valence-corrected chi connectivity index (χ4v) is 2.78. The number of urea groups is 1. The molecule has 2 amide bonds. The van der Waals surface area contributed by atoms with E-state index < -0.39 is 0 Å². The Balaban J connectivity index is 1.62. The van der Waals surface area contributed by atoms with Crippen LogP contribution >= 0.6 is 0 Å². The zero-order chi connectivity index (χ0) is 15.8. The van der Waals surface area contributed by atoms with Crippen LogP contribution < -0.4 is 10.6 Å². The highest BCUT2D eigenvalue weighted by Crippen LogP contribution is 2.09. The number of nitrogens with zero attached hydrogens (tertiary/aromatic N) is 1. The van der Waals surface area contributed by atoms with Gasteiger partial charge in [-0.25, -0.2) is 4.79 Å². The maximum Gasteiger partial charge on any atom is 0.314 e. The van der Waals surface area contributed by atoms with Crippen LogP contribution in [0.4, 0.5) is 4.79 Å². The molecule has 1 aliphatic heterocycles. The number of morpholine rings is 1. The maximum absolute atomic E-state index is 11.8. The van der Waals surface area contributed by atoms with E-state index in [1.165, 1.54) is 5.56 Å². The van der Waals surface area contributed by atoms with Gasteiger partial charge in [0.05, 0.1) is 13.2 Å². The molecule has 2 N–H and O–H groups in total. The number of amides is 2. The summed E-state index contributed by atoms with van der Waals surface area (Å²) in [4.78, 5) is 14.2. The molecular formula is C17H27N3O2. The van der Waals surface area contributed by atoms with Crippen LogP contribution in [0.1, 0.15) is 19.4 Å². The molecule has 1 fully saturated rings. The smallest absolute Gasteiger partial charge is 0.314 e. The second kappa shape index (κ2) is 8.76. The van der Waals surface area contributed by atoms with E-state index in [4.69, 9.17) is 4.74 Å². The third-order valence-electron chi connectivity index (χ3n) is 4.09. The Bertz CT molecular complexity index is 452. The fraction of sp³-hybridized carbons (Fsp3) is 0.588. The summed E-state index contributed by atoms with van der Waals surface area (Å²) in [5.41, 5.74) is 1.23. The minimum Gasteiger partial charge on any atom is -0.379 e. The summed E-state index contributed by atoms with van der Waals surface area (Å²) in [5, 5.41) is 5.86. The Kier molecular flexibility index (Phi) is 6.68. The van der Waals surface area contributed by atoms with Crippen LogP contribution in [-0.2, 0) is 11.2 Å². The molecule has 2 atom stereocenters. The number of hydrogen-bond acceptors (Lipinski definition) is 3. The van der Waals surface area contributed by atoms with Crippen LogP contribution in [0.3, 0.4) is 0 Å². The lowest BCUT2D eigenvalue weighted by Gasteiger charge is -2.37. The van der Waals surface area contributed by atoms with E-state index in [1.807, 2.05) is 18.2 Å². The van der Waals surface area contributed by atoms with Crippen LogP contribution in [-0.4, -0.2) is 55.9 Å². The monoisotopic (exact) mass is 305 g/mol. The molecule has 2 rings (SSSR count). The lowest BCUT2D eigenvalue weighted by Crippen LogP contribution is -2.52. The number of hydrogen-bond donors (Lipinski definition) is 2. The maximum atomic E-state index is 11.8. The molecule has 0 aliphatic carbocycles. The average molecular weight is 305 g/mol. The van der Waals surface area contributed by atoms with Gasteiger partial charge in [-0.15, -0.1) is 0 Å². The summed E-state index contributed by atoms with van der Waals surface area (Å²) < 4.78 is 5.44. The van der Waals surface area contributed by atoms with E-state index in [0.717, 1.165) is 26.2 Å². The molecule has 2 unspecified atom stereocenters. The number of carbonyl (C=O) groups is 1. The Morgan fingerprint density at radius 3 is 2.86 bits per heavy atom. The van der Waals surface area contributed by atoms with Gasteiger partial charge in [0.25, 0.3) is 0 Å². The molecule has 1 aromatic rings. The van der Waals surface area contributed by atoms with E-state index in [9.17, 15) is 4.79 Å². The molecule has 0 saturated carbocycles. The number of carbonyl (C=O) groups excluding carboxylic acids is 1. The third kappa shape index (κ3) is 5.31. The van der Waals surface area contributed by atoms with E-state index >= 15 is 0 Å². The highest BCUT2D eigenvalue weighted by molar-refractivity contribution is 5.73. The van der Waals surface area contributed by atoms with Crippen LogP contribution in [0.5, 0.6) is 0 Å². The van der Waals surface area contributed by atoms with Crippen molar-refractivity contribution < 1.29 is 9.53 Å². The molecular weight excluding hydrogens is 278 g/mol. The predicted molar refractivity (Wildman–Crippen MR) is 88.0 cm³/mol. The van der Waals surface area contributed by atoms with Gasteiger partial charge in [-0.1, -0.05) is 30.3 Å². The summed E-state index contributed by atoms with van der Waals surface area (Å²) in [6.45, 7) is 8.09. The van der Waals surface area contributed by atoms with Gasteiger partial charge in [0, 0.05) is 31.7 Å². The van der Waals surface area contributed by atoms with Crippen LogP contribution in [0.25, 0.3) is 0 Å². The molecule has 0 aromatic heterocycles. The van der Waals surface area contributed by atoms with Gasteiger partial charge in [0.2, 0.25) is 0 Å². The first-order valence-corrected chi connectivity index (χ1v) is 8.06. The summed E-state index contributed by atoms with van der Waals surface area (Å²) in [6, 6.07) is 10.8. The summed E-state index contributed by atoms with van der Waals surface area (Å²) in [5.74, 6) is 0. The van der Waals surface area contributed by atoms with Crippen molar-refractivity contribution in [2.24, 2.45) is 0 Å². The van der Waals surface area contributed by atoms with Crippen LogP contribution in [0.15, 0.2) is 30.3 Å². The van der Waals surface area contributed by atoms with E-state index in [1.54, 1.807) is 0 Å². The fourth-order valence-electron chi connectivity index (χ4n) is 2.78. The lowest BCUT2D eigenvalue weighted by atomic mass is 10.1. The number of benzene rings is 1. The number of rotatable bonds is 6. The zero-order valence-electron chi connectivity index (χ0n) is 13.5. The molecule has 1 saturated heterocycles. The normalized spacial score (nSPS) is 20.4. The minimum absolute atomic E-state index is 0.0938. The van der Waals surface area contributed by atoms with Crippen molar-refractivity contribution in [3.63, 3.8) is 0 Å². The zero-order valence-corrected chi connectivity index (χ0v) is 13.5. The molecule has 5 heteroatoms. The SMILES string of the molecule is CC(CNC(=O)NCCc1ccccc1)N1CCOCC1C. The molecule has 122 valence electrons. The van der Waals surface area contributed by atoms with Crippen molar-refractivity contribution in [3.05, 3.63) is 35.9 Å². The predicted octanol–water partition coefficient (Wildman–Crippen LogP) is 1.64. The Morgan fingerprint density at radius 2 is 2.14 bits per heavy atom. The van der Waals surface area contributed by atoms with Gasteiger partial charge < -0.3 is 15.4 Å². The van der Waals surface area contributed by atoms with E-state index in [2.05, 4.69) is 41.5 Å². The van der Waals surface area contributed by atoms with Crippen molar-refractivity contribution in [3.8, 4) is 0 Å². The first-order chi connectivity index (χ1) is 10.7. The first-order valence-electron chi connectivity index (χ1n) is 8.06. The van der Waals surface area contributed by atoms with Crippen molar-refractivity contribution in [2.75, 3.05) is 32.8 Å². The molecule has 1 heterocycles. The van der Waals surface area contributed by atoms with Crippen molar-refractivity contribution in [2.45, 2.75) is 32.4 Å². The Labute approximate surface area is 133 Å². The van der Waals surface area contributed by atoms with E-state index in [-0.39, 0.29) is 6.03 Å². The Morgan fingerprint density at radius 1 is 1.36 bits per heavy atom. The van der Waals surface area contributed by atoms with Crippen molar-refractivity contribution in [1.29, 1.82) is 0 Å². The third-order valence-corrected chi connectivity index (χ3v) is 4.09. The first kappa shape index (κ1) is 16.8. The van der Waals surface area contributed by atoms with Gasteiger partial charge in [-0.3, -0.25) is 4.90 Å². The Hall–Kier alpha value is -1.59. The number of nitrogens with one attached hydrogen (secondary N) is 2. The lowest BCUT2D eigenvalue weighted by molar-refractivity contribution is -0.0176. The van der Waals surface area contributed by atoms with Gasteiger partial charge in [0.15, 0.2) is 0 Å². The van der Waals surface area contributed by atoms with Crippen molar-refractivity contribution in [1.82, 2.24) is 15.5 Å². The van der Waals surface area contributed by atoms with Gasteiger partial charge in [0.1, 0.15) is 0 Å². The van der Waals surface area contributed by atoms with E-state index in [0.29, 0.717) is 25.2 Å². The summed E-state index contributed by atoms with van der Waals surface area (Å²) in [7, 11) is 0. The number of ether oxygens (including phenoxy) is 1. The van der Waals surface area contributed by atoms with Crippen LogP contribution in [0, 0.1) is 0 Å². The quantitative estimate of drug-likeness (QED) is 0.840. The topological polar surface area (TPSA) is 53.6 Å². The van der Waals surface area contributed by atoms with Gasteiger partial charge in [-0.2, -0.15) is 0 Å². The highest BCUT2D eigenvalue weighted by Gasteiger charge is 2.23. The second-order valence-corrected chi connectivity index (χ2v) is 5.88. The summed E-state index contributed by atoms with van der Waals surface area (Å²) >= 11 is 0. The minimum atomic E-state index is -0.0938. The molecule has 0 radical (unpaired) electrons.